The second-order valence-electron chi connectivity index (χ2n) is 33.2. The number of amides is 4. The Morgan fingerprint density at radius 2 is 0.826 bits per heavy atom. The second-order valence-corrected chi connectivity index (χ2v) is 33.2. The highest BCUT2D eigenvalue weighted by Crippen LogP contribution is 2.39. The smallest absolute Gasteiger partial charge is 0.314 e. The molecule has 0 radical (unpaired) electrons. The predicted octanol–water partition coefficient (Wildman–Crippen LogP) is 15.5. The predicted molar refractivity (Wildman–Crippen MR) is 512 cm³/mol. The van der Waals surface area contributed by atoms with Crippen LogP contribution in [0.4, 0.5) is 10.5 Å². The molecule has 6 N–H and O–H groups in total. The van der Waals surface area contributed by atoms with Crippen LogP contribution >= 0.6 is 0 Å². The van der Waals surface area contributed by atoms with Crippen molar-refractivity contribution in [1.29, 1.82) is 0 Å². The zero-order chi connectivity index (χ0) is 92.0. The minimum atomic E-state index is -0.188. The molecular formula is C106H137N7O19. The van der Waals surface area contributed by atoms with Crippen molar-refractivity contribution in [3.05, 3.63) is 256 Å². The molecular weight excluding hydrogens is 1680 g/mol. The van der Waals surface area contributed by atoms with Gasteiger partial charge in [0.25, 0.3) is 0 Å². The van der Waals surface area contributed by atoms with E-state index in [1.165, 1.54) is 22.3 Å². The maximum Gasteiger partial charge on any atom is 0.314 e. The fraction of sp³-hybridized carbons (Fsp3) is 0.462. The van der Waals surface area contributed by atoms with Gasteiger partial charge in [-0.1, -0.05) is 127 Å². The fourth-order valence-corrected chi connectivity index (χ4v) is 16.8. The number of methoxy groups -OCH3 is 5. The molecule has 0 bridgehead atoms. The number of piperidine rings is 3. The number of anilines is 1. The minimum absolute atomic E-state index is 0.0464. The topological polar surface area (TPSA) is 274 Å². The molecule has 26 nitrogen and oxygen atoms in total. The van der Waals surface area contributed by atoms with Gasteiger partial charge in [-0.15, -0.1) is 0 Å². The number of nitrogens with zero attached hydrogens (tertiary/aromatic N) is 1. The number of nitrogens with one attached hydrogen (secondary N) is 6. The molecule has 1 aliphatic carbocycles. The third-order valence-corrected chi connectivity index (χ3v) is 24.1. The third-order valence-electron chi connectivity index (χ3n) is 24.1. The lowest BCUT2D eigenvalue weighted by Gasteiger charge is -2.33. The van der Waals surface area contributed by atoms with Crippen molar-refractivity contribution in [3.8, 4) is 57.5 Å². The van der Waals surface area contributed by atoms with Crippen LogP contribution in [0.2, 0.25) is 0 Å². The van der Waals surface area contributed by atoms with E-state index >= 15 is 0 Å². The molecule has 0 spiro atoms. The summed E-state index contributed by atoms with van der Waals surface area (Å²) in [6.07, 6.45) is 11.2. The summed E-state index contributed by atoms with van der Waals surface area (Å²) in [6.45, 7) is 14.7. The highest BCUT2D eigenvalue weighted by Gasteiger charge is 2.33. The number of aryl methyl sites for hydroxylation is 1. The van der Waals surface area contributed by atoms with Gasteiger partial charge < -0.3 is 113 Å². The van der Waals surface area contributed by atoms with E-state index in [-0.39, 0.29) is 48.0 Å². The van der Waals surface area contributed by atoms with Crippen LogP contribution in [-0.2, 0) is 77.1 Å². The molecule has 4 heterocycles. The van der Waals surface area contributed by atoms with E-state index in [0.717, 1.165) is 184 Å². The highest BCUT2D eigenvalue weighted by atomic mass is 16.6. The van der Waals surface area contributed by atoms with E-state index in [9.17, 15) is 14.4 Å². The second kappa shape index (κ2) is 56.0. The summed E-state index contributed by atoms with van der Waals surface area (Å²) in [5.41, 5.74) is 11.3. The summed E-state index contributed by atoms with van der Waals surface area (Å²) in [5.74, 6) is 9.32. The molecule has 4 amide bonds. The zero-order valence-corrected chi connectivity index (χ0v) is 77.8. The number of hydrogen-bond donors (Lipinski definition) is 6. The van der Waals surface area contributed by atoms with Crippen molar-refractivity contribution >= 4 is 23.5 Å². The van der Waals surface area contributed by atoms with E-state index in [2.05, 4.69) is 105 Å². The Morgan fingerprint density at radius 3 is 1.29 bits per heavy atom. The van der Waals surface area contributed by atoms with E-state index in [0.29, 0.717) is 154 Å². The molecule has 0 aromatic heterocycles. The average molecular weight is 1810 g/mol. The number of para-hydroxylation sites is 5. The summed E-state index contributed by atoms with van der Waals surface area (Å²) in [5, 5.41) is 18.8. The SMILES string of the molecule is CNC(=O)NCCc1ccccc1OCCO[C@H]1CNCC[C@@H]1c1ccc(OCCCOCc2ccccc2OC)cc1.COCCCN1C(=O)CCc2ccc(CO[C@H]3CNCC[C@@H]3c3ccc(OCCCOc4c(OC)cccc4OC)cc3)cc21.COc1ccccc1COCCCOc1ccc([C@H]2CCNC[C@@H]2OCCOc2ccccc2CCNC(=O)C2CC2)cc1. The molecule has 710 valence electrons. The van der Waals surface area contributed by atoms with Crippen LogP contribution in [0.25, 0.3) is 0 Å². The average Bonchev–Trinajstić information content (AvgIpc) is 1.38. The summed E-state index contributed by atoms with van der Waals surface area (Å²) in [4.78, 5) is 38.0. The van der Waals surface area contributed by atoms with Crippen molar-refractivity contribution in [3.63, 3.8) is 0 Å². The van der Waals surface area contributed by atoms with Gasteiger partial charge in [-0.25, -0.2) is 4.79 Å². The first kappa shape index (κ1) is 99.8. The number of benzene rings is 9. The number of hydrogen-bond acceptors (Lipinski definition) is 22. The van der Waals surface area contributed by atoms with Crippen LogP contribution in [-0.4, -0.2) is 210 Å². The van der Waals surface area contributed by atoms with Crippen LogP contribution in [0.5, 0.6) is 57.5 Å². The molecule has 5 aliphatic rings. The van der Waals surface area contributed by atoms with Gasteiger partial charge in [0.15, 0.2) is 11.5 Å². The number of rotatable bonds is 51. The molecule has 9 aromatic carbocycles. The Hall–Kier alpha value is -11.2. The molecule has 0 unspecified atom stereocenters. The summed E-state index contributed by atoms with van der Waals surface area (Å²) >= 11 is 0. The molecule has 4 aliphatic heterocycles. The quantitative estimate of drug-likeness (QED) is 0.0193. The third kappa shape index (κ3) is 32.1. The van der Waals surface area contributed by atoms with Crippen molar-refractivity contribution in [2.24, 2.45) is 5.92 Å². The van der Waals surface area contributed by atoms with Gasteiger partial charge in [-0.05, 0) is 195 Å². The number of fused-ring (bicyclic) bond motifs is 1. The Labute approximate surface area is 779 Å². The van der Waals surface area contributed by atoms with Crippen molar-refractivity contribution in [2.75, 3.05) is 179 Å². The summed E-state index contributed by atoms with van der Waals surface area (Å²) in [7, 11) is 9.88. The van der Waals surface area contributed by atoms with Crippen molar-refractivity contribution in [2.45, 2.75) is 139 Å². The van der Waals surface area contributed by atoms with Gasteiger partial charge in [-0.3, -0.25) is 9.59 Å². The normalized spacial score (nSPS) is 17.4. The molecule has 14 rings (SSSR count). The number of carbonyl (C=O) groups is 3. The van der Waals surface area contributed by atoms with Crippen LogP contribution in [0.15, 0.2) is 206 Å². The Kier molecular flexibility index (Phi) is 42.4. The molecule has 26 heteroatoms. The molecule has 132 heavy (non-hydrogen) atoms. The first-order chi connectivity index (χ1) is 65.0. The van der Waals surface area contributed by atoms with Crippen LogP contribution in [0.1, 0.15) is 132 Å². The van der Waals surface area contributed by atoms with Gasteiger partial charge in [-0.2, -0.15) is 0 Å². The van der Waals surface area contributed by atoms with Gasteiger partial charge in [0.2, 0.25) is 17.6 Å². The monoisotopic (exact) mass is 1810 g/mol. The molecule has 6 atom stereocenters. The van der Waals surface area contributed by atoms with E-state index in [4.69, 9.17) is 75.8 Å². The van der Waals surface area contributed by atoms with E-state index in [1.54, 1.807) is 42.6 Å². The number of ether oxygens (including phenoxy) is 16. The lowest BCUT2D eigenvalue weighted by molar-refractivity contribution is -0.122. The first-order valence-electron chi connectivity index (χ1n) is 46.9. The van der Waals surface area contributed by atoms with E-state index < -0.39 is 0 Å². The number of carbonyl (C=O) groups excluding carboxylic acids is 3. The largest absolute Gasteiger partial charge is 0.496 e. The van der Waals surface area contributed by atoms with Gasteiger partial charge in [0.1, 0.15) is 53.5 Å². The van der Waals surface area contributed by atoms with Gasteiger partial charge >= 0.3 is 6.03 Å². The van der Waals surface area contributed by atoms with Gasteiger partial charge in [0, 0.05) is 126 Å². The molecule has 4 fully saturated rings. The first-order valence-corrected chi connectivity index (χ1v) is 46.9. The summed E-state index contributed by atoms with van der Waals surface area (Å²) < 4.78 is 93.6. The Balaban J connectivity index is 0.000000179. The van der Waals surface area contributed by atoms with Crippen molar-refractivity contribution < 1.29 is 90.2 Å². The minimum Gasteiger partial charge on any atom is -0.496 e. The van der Waals surface area contributed by atoms with Crippen LogP contribution in [0.3, 0.4) is 0 Å². The maximum atomic E-state index is 12.7. The lowest BCUT2D eigenvalue weighted by Crippen LogP contribution is -2.41. The Morgan fingerprint density at radius 1 is 0.394 bits per heavy atom. The summed E-state index contributed by atoms with van der Waals surface area (Å²) in [6, 6.07) is 68.8. The zero-order valence-electron chi connectivity index (χ0n) is 77.8. The lowest BCUT2D eigenvalue weighted by atomic mass is 9.87. The standard InChI is InChI=1S/C36H46N2O7.C36H46N2O6.C34H45N3O6/c1-40-20-5-19-38-31-23-26(9-10-28(31)13-16-35(38)39)25-45-34-24-37-18-17-30(34)27-11-14-29(15-12-27)43-21-6-22-44-36-32(41-2)7-4-8-33(36)42-3;1-40-33-9-4-3-8-30(33)26-41-21-6-22-42-31-15-13-27(14-16-31)32-18-19-37-25-35(32)44-24-23-43-34-10-5-2-7-28(34)17-20-38-36(39)29-11-12-29;1-35-34(38)37-19-16-27-8-3-6-11-32(27)42-22-23-43-33-24-36-18-17-30(33)26-12-14-29(15-13-26)41-21-7-20-40-25-28-9-4-5-10-31(28)39-2/h4,7-12,14-15,23,30,34,37H,5-6,13,16-22,24-25H2,1-3H3;2-5,7-10,13-16,29,32,35,37H,6,11-12,17-26H2,1H3,(H,38,39);3-6,8-15,30,33,36H,7,16-25H2,1-2H3,(H2,35,37,38)/t30-,34+;32-,35+;30-,33+/m111/s1. The molecule has 9 aromatic rings. The number of urea groups is 1. The maximum absolute atomic E-state index is 12.7. The van der Waals surface area contributed by atoms with Crippen LogP contribution in [0, 0.1) is 5.92 Å². The Bertz CT molecular complexity index is 4850. The van der Waals surface area contributed by atoms with E-state index in [1.807, 2.05) is 138 Å². The van der Waals surface area contributed by atoms with Gasteiger partial charge in [0.05, 0.1) is 119 Å². The fourth-order valence-electron chi connectivity index (χ4n) is 16.8. The highest BCUT2D eigenvalue weighted by molar-refractivity contribution is 5.96. The molecule has 3 saturated heterocycles. The van der Waals surface area contributed by atoms with Crippen LogP contribution < -0.4 is 84.2 Å². The molecule has 1 saturated carbocycles. The van der Waals surface area contributed by atoms with Crippen molar-refractivity contribution in [1.82, 2.24) is 31.9 Å².